The van der Waals surface area contributed by atoms with Crippen molar-refractivity contribution >= 4 is 16.0 Å². The molecule has 2 N–H and O–H groups in total. The first-order chi connectivity index (χ1) is 8.63. The highest BCUT2D eigenvalue weighted by Gasteiger charge is 2.43. The van der Waals surface area contributed by atoms with Crippen LogP contribution in [0.4, 0.5) is 0 Å². The molecule has 5 nitrogen and oxygen atoms in total. The number of hydrogen-bond donors (Lipinski definition) is 1. The Hall–Kier alpha value is -1.30. The molecule has 0 aromatic rings. The second-order valence-electron chi connectivity index (χ2n) is 5.73. The van der Waals surface area contributed by atoms with Crippen LogP contribution in [0.5, 0.6) is 0 Å². The molecule has 106 valence electrons. The highest BCUT2D eigenvalue weighted by atomic mass is 32.2. The minimum Gasteiger partial charge on any atom is -0.453 e. The summed E-state index contributed by atoms with van der Waals surface area (Å²) in [5.74, 6) is 0.173. The van der Waals surface area contributed by atoms with E-state index >= 15 is 0 Å². The molecule has 0 fully saturated rings. The van der Waals surface area contributed by atoms with Crippen LogP contribution in [-0.4, -0.2) is 20.0 Å². The van der Waals surface area contributed by atoms with Crippen LogP contribution in [0.1, 0.15) is 40.5 Å². The van der Waals surface area contributed by atoms with Gasteiger partial charge in [-0.2, -0.15) is 8.42 Å². The van der Waals surface area contributed by atoms with Crippen LogP contribution in [0.25, 0.3) is 0 Å². The number of hydrogen-bond acceptors (Lipinski definition) is 4. The zero-order chi connectivity index (χ0) is 14.4. The van der Waals surface area contributed by atoms with Gasteiger partial charge >= 0.3 is 0 Å². The summed E-state index contributed by atoms with van der Waals surface area (Å²) in [4.78, 5) is 0.269. The third-order valence-corrected chi connectivity index (χ3v) is 5.25. The van der Waals surface area contributed by atoms with Gasteiger partial charge in [-0.1, -0.05) is 18.6 Å². The fourth-order valence-corrected chi connectivity index (χ4v) is 4.49. The predicted octanol–water partition coefficient (Wildman–Crippen LogP) is 2.07. The molecule has 0 aromatic carbocycles. The molecule has 0 radical (unpaired) electrons. The van der Waals surface area contributed by atoms with Gasteiger partial charge in [0.25, 0.3) is 16.0 Å². The minimum absolute atomic E-state index is 0.173. The lowest BCUT2D eigenvalue weighted by Crippen LogP contribution is -2.42. The lowest BCUT2D eigenvalue weighted by molar-refractivity contribution is 0.134. The molecule has 1 atom stereocenters. The van der Waals surface area contributed by atoms with E-state index in [0.717, 1.165) is 12.0 Å². The van der Waals surface area contributed by atoms with E-state index in [4.69, 9.17) is 10.5 Å². The van der Waals surface area contributed by atoms with Crippen LogP contribution in [0.3, 0.4) is 0 Å². The van der Waals surface area contributed by atoms with Crippen LogP contribution < -0.4 is 5.73 Å². The van der Waals surface area contributed by atoms with Crippen molar-refractivity contribution in [3.05, 3.63) is 22.1 Å². The van der Waals surface area contributed by atoms with Crippen molar-refractivity contribution in [2.24, 2.45) is 16.0 Å². The normalized spacial score (nSPS) is 33.2. The Bertz CT molecular complexity index is 597. The molecule has 0 spiro atoms. The van der Waals surface area contributed by atoms with Gasteiger partial charge in [-0.15, -0.1) is 4.40 Å². The Balaban J connectivity index is 2.65. The van der Waals surface area contributed by atoms with Gasteiger partial charge in [-0.25, -0.2) is 0 Å². The number of nitrogens with zero attached hydrogens (tertiary/aromatic N) is 1. The van der Waals surface area contributed by atoms with E-state index in [0.29, 0.717) is 6.42 Å². The lowest BCUT2D eigenvalue weighted by atomic mass is 9.84. The monoisotopic (exact) mass is 284 g/mol. The van der Waals surface area contributed by atoms with Gasteiger partial charge in [0.05, 0.1) is 0 Å². The summed E-state index contributed by atoms with van der Waals surface area (Å²) in [6.45, 7) is 7.52. The molecule has 0 bridgehead atoms. The van der Waals surface area contributed by atoms with Crippen molar-refractivity contribution in [2.45, 2.75) is 46.1 Å². The number of sulfonamides is 1. The van der Waals surface area contributed by atoms with Crippen LogP contribution in [0, 0.1) is 5.92 Å². The first kappa shape index (κ1) is 14.1. The number of nitrogens with two attached hydrogens (primary N) is 1. The van der Waals surface area contributed by atoms with E-state index < -0.39 is 15.6 Å². The summed E-state index contributed by atoms with van der Waals surface area (Å²) < 4.78 is 33.5. The number of ether oxygens (including phenoxy) is 1. The maximum absolute atomic E-state index is 12.3. The Morgan fingerprint density at radius 1 is 1.47 bits per heavy atom. The average Bonchev–Trinajstić information content (AvgIpc) is 2.17. The van der Waals surface area contributed by atoms with E-state index in [2.05, 4.69) is 17.4 Å². The summed E-state index contributed by atoms with van der Waals surface area (Å²) in [6.07, 6.45) is 3.56. The third-order valence-electron chi connectivity index (χ3n) is 3.56. The van der Waals surface area contributed by atoms with Gasteiger partial charge in [0.15, 0.2) is 0 Å². The molecule has 19 heavy (non-hydrogen) atoms. The number of allylic oxidation sites excluding steroid dienone is 3. The van der Waals surface area contributed by atoms with Crippen molar-refractivity contribution in [1.82, 2.24) is 0 Å². The highest BCUT2D eigenvalue weighted by Crippen LogP contribution is 2.40. The molecular weight excluding hydrogens is 264 g/mol. The fourth-order valence-electron chi connectivity index (χ4n) is 2.84. The molecule has 0 saturated carbocycles. The van der Waals surface area contributed by atoms with Crippen molar-refractivity contribution in [1.29, 1.82) is 0 Å². The molecule has 1 heterocycles. The SMILES string of the molecule is CC1=CC/C(=C2\C(C)(C)OC(N)=NS2(=O)=O)C(C)C1. The van der Waals surface area contributed by atoms with Crippen molar-refractivity contribution < 1.29 is 13.2 Å². The molecule has 1 aliphatic carbocycles. The molecule has 2 aliphatic rings. The van der Waals surface area contributed by atoms with E-state index in [9.17, 15) is 8.42 Å². The summed E-state index contributed by atoms with van der Waals surface area (Å²) >= 11 is 0. The highest BCUT2D eigenvalue weighted by molar-refractivity contribution is 7.94. The van der Waals surface area contributed by atoms with Gasteiger partial charge in [-0.05, 0) is 45.1 Å². The van der Waals surface area contributed by atoms with Crippen molar-refractivity contribution in [3.8, 4) is 0 Å². The molecule has 0 amide bonds. The summed E-state index contributed by atoms with van der Waals surface area (Å²) in [5, 5.41) is 0. The van der Waals surface area contributed by atoms with Gasteiger partial charge in [0.2, 0.25) is 0 Å². The van der Waals surface area contributed by atoms with Crippen LogP contribution in [0.2, 0.25) is 0 Å². The van der Waals surface area contributed by atoms with Crippen molar-refractivity contribution in [3.63, 3.8) is 0 Å². The van der Waals surface area contributed by atoms with E-state index in [1.54, 1.807) is 13.8 Å². The van der Waals surface area contributed by atoms with Gasteiger partial charge < -0.3 is 10.5 Å². The maximum Gasteiger partial charge on any atom is 0.299 e. The van der Waals surface area contributed by atoms with Gasteiger partial charge in [0.1, 0.15) is 10.5 Å². The quantitative estimate of drug-likeness (QED) is 0.690. The summed E-state index contributed by atoms with van der Waals surface area (Å²) in [6, 6.07) is -0.287. The zero-order valence-corrected chi connectivity index (χ0v) is 12.5. The van der Waals surface area contributed by atoms with Gasteiger partial charge in [-0.3, -0.25) is 0 Å². The van der Waals surface area contributed by atoms with E-state index in [-0.39, 0.29) is 16.8 Å². The maximum atomic E-state index is 12.3. The molecule has 6 heteroatoms. The predicted molar refractivity (Wildman–Crippen MR) is 74.9 cm³/mol. The van der Waals surface area contributed by atoms with E-state index in [1.165, 1.54) is 5.57 Å². The number of rotatable bonds is 0. The molecule has 1 unspecified atom stereocenters. The second-order valence-corrected chi connectivity index (χ2v) is 7.27. The number of amidine groups is 1. The van der Waals surface area contributed by atoms with Crippen LogP contribution >= 0.6 is 0 Å². The largest absolute Gasteiger partial charge is 0.453 e. The minimum atomic E-state index is -3.74. The fraction of sp³-hybridized carbons (Fsp3) is 0.615. The second kappa shape index (κ2) is 4.37. The Morgan fingerprint density at radius 2 is 2.11 bits per heavy atom. The van der Waals surface area contributed by atoms with Crippen LogP contribution in [0.15, 0.2) is 26.5 Å². The first-order valence-corrected chi connectivity index (χ1v) is 7.76. The van der Waals surface area contributed by atoms with E-state index in [1.807, 2.05) is 6.92 Å². The molecule has 0 aromatic heterocycles. The van der Waals surface area contributed by atoms with Crippen molar-refractivity contribution in [2.75, 3.05) is 0 Å². The van der Waals surface area contributed by atoms with Crippen LogP contribution in [-0.2, 0) is 14.8 Å². The average molecular weight is 284 g/mol. The van der Waals surface area contributed by atoms with Gasteiger partial charge in [0, 0.05) is 0 Å². The smallest absolute Gasteiger partial charge is 0.299 e. The Morgan fingerprint density at radius 3 is 2.63 bits per heavy atom. The third kappa shape index (κ3) is 2.54. The summed E-state index contributed by atoms with van der Waals surface area (Å²) in [7, 11) is -3.74. The summed E-state index contributed by atoms with van der Waals surface area (Å²) in [5.41, 5.74) is 6.65. The zero-order valence-electron chi connectivity index (χ0n) is 11.7. The molecule has 1 aliphatic heterocycles. The Labute approximate surface area is 114 Å². The molecule has 0 saturated heterocycles. The standard InChI is InChI=1S/C13H20N2O3S/c1-8-5-6-10(9(2)7-8)11-13(3,4)18-12(14)15-19(11,16)17/h5,9H,6-7H2,1-4H3,(H2,14,15)/b11-10-. The lowest BCUT2D eigenvalue weighted by Gasteiger charge is -2.35. The first-order valence-electron chi connectivity index (χ1n) is 6.32. The molecular formula is C13H20N2O3S. The topological polar surface area (TPSA) is 81.8 Å². The Kier molecular flexibility index (Phi) is 3.24. The molecule has 2 rings (SSSR count).